The minimum Gasteiger partial charge on any atom is -0.508 e. The highest BCUT2D eigenvalue weighted by Crippen LogP contribution is 2.46. The van der Waals surface area contributed by atoms with Gasteiger partial charge >= 0.3 is 0 Å². The predicted octanol–water partition coefficient (Wildman–Crippen LogP) is 4.14. The SMILES string of the molecule is CC.O=C(CC1(O)C(=O)Nc2c(Cl)ccc(Cl)c21)c1ccc(O)cc1. The Balaban J connectivity index is 0.00000109. The molecule has 0 spiro atoms. The zero-order chi connectivity index (χ0) is 18.8. The summed E-state index contributed by atoms with van der Waals surface area (Å²) in [6.45, 7) is 4.00. The van der Waals surface area contributed by atoms with Crippen molar-refractivity contribution < 1.29 is 19.8 Å². The zero-order valence-corrected chi connectivity index (χ0v) is 15.1. The molecule has 1 amide bonds. The molecule has 1 heterocycles. The van der Waals surface area contributed by atoms with Crippen LogP contribution in [0.2, 0.25) is 10.0 Å². The van der Waals surface area contributed by atoms with Crippen molar-refractivity contribution in [1.82, 2.24) is 0 Å². The maximum absolute atomic E-state index is 12.4. The standard InChI is InChI=1S/C16H11Cl2NO4.C2H6/c17-10-5-6-11(18)14-13(10)16(23,15(22)19-14)7-12(21)8-1-3-9(20)4-2-8;1-2/h1-6,20,23H,7H2,(H,19,22);1-2H3. The maximum atomic E-state index is 12.4. The van der Waals surface area contributed by atoms with Crippen molar-refractivity contribution in [2.45, 2.75) is 25.9 Å². The first-order valence-corrected chi connectivity index (χ1v) is 8.43. The molecule has 25 heavy (non-hydrogen) atoms. The average Bonchev–Trinajstić information content (AvgIpc) is 2.86. The normalized spacial score (nSPS) is 18.0. The summed E-state index contributed by atoms with van der Waals surface area (Å²) in [6.07, 6.45) is -0.489. The number of aliphatic hydroxyl groups is 1. The van der Waals surface area contributed by atoms with Crippen LogP contribution in [0.25, 0.3) is 0 Å². The number of phenols is 1. The van der Waals surface area contributed by atoms with Crippen LogP contribution in [0.15, 0.2) is 36.4 Å². The molecular weight excluding hydrogens is 365 g/mol. The molecule has 0 saturated heterocycles. The molecular formula is C18H17Cl2NO4. The van der Waals surface area contributed by atoms with Gasteiger partial charge in [-0.1, -0.05) is 37.0 Å². The molecule has 2 aromatic rings. The van der Waals surface area contributed by atoms with Crippen molar-refractivity contribution in [1.29, 1.82) is 0 Å². The van der Waals surface area contributed by atoms with Crippen LogP contribution in [-0.4, -0.2) is 21.9 Å². The summed E-state index contributed by atoms with van der Waals surface area (Å²) in [5.41, 5.74) is -1.52. The van der Waals surface area contributed by atoms with Crippen molar-refractivity contribution >= 4 is 40.6 Å². The van der Waals surface area contributed by atoms with Gasteiger partial charge in [0.1, 0.15) is 5.75 Å². The average molecular weight is 382 g/mol. The number of halogens is 2. The van der Waals surface area contributed by atoms with E-state index in [0.717, 1.165) is 0 Å². The van der Waals surface area contributed by atoms with E-state index in [1.165, 1.54) is 36.4 Å². The van der Waals surface area contributed by atoms with E-state index in [9.17, 15) is 19.8 Å². The van der Waals surface area contributed by atoms with Crippen LogP contribution >= 0.6 is 23.2 Å². The number of amides is 1. The number of anilines is 1. The van der Waals surface area contributed by atoms with Crippen molar-refractivity contribution in [3.05, 3.63) is 57.6 Å². The number of carbonyl (C=O) groups is 2. The Labute approximate surface area is 155 Å². The molecule has 5 nitrogen and oxygen atoms in total. The molecule has 3 N–H and O–H groups in total. The van der Waals surface area contributed by atoms with E-state index in [0.29, 0.717) is 0 Å². The molecule has 0 aliphatic carbocycles. The Morgan fingerprint density at radius 3 is 2.24 bits per heavy atom. The van der Waals surface area contributed by atoms with Crippen LogP contribution in [0.5, 0.6) is 5.75 Å². The topological polar surface area (TPSA) is 86.6 Å². The second-order valence-electron chi connectivity index (χ2n) is 5.24. The number of hydrogen-bond acceptors (Lipinski definition) is 4. The van der Waals surface area contributed by atoms with Crippen molar-refractivity contribution in [2.75, 3.05) is 5.32 Å². The number of Topliss-reactive ketones (excluding diaryl/α,β-unsaturated/α-hetero) is 1. The molecule has 0 bridgehead atoms. The van der Waals surface area contributed by atoms with Crippen LogP contribution in [0.3, 0.4) is 0 Å². The van der Waals surface area contributed by atoms with E-state index < -0.39 is 23.7 Å². The van der Waals surface area contributed by atoms with Gasteiger partial charge in [0.2, 0.25) is 0 Å². The zero-order valence-electron chi connectivity index (χ0n) is 13.6. The number of aromatic hydroxyl groups is 1. The van der Waals surface area contributed by atoms with Crippen LogP contribution in [0.1, 0.15) is 36.2 Å². The smallest absolute Gasteiger partial charge is 0.261 e. The summed E-state index contributed by atoms with van der Waals surface area (Å²) >= 11 is 12.1. The van der Waals surface area contributed by atoms with Gasteiger partial charge in [0.05, 0.1) is 17.1 Å². The van der Waals surface area contributed by atoms with Crippen LogP contribution in [0, 0.1) is 0 Å². The molecule has 1 aliphatic rings. The molecule has 0 saturated carbocycles. The number of benzene rings is 2. The second kappa shape index (κ2) is 7.44. The lowest BCUT2D eigenvalue weighted by atomic mass is 9.88. The number of nitrogens with one attached hydrogen (secondary N) is 1. The van der Waals surface area contributed by atoms with Gasteiger partial charge in [-0.2, -0.15) is 0 Å². The van der Waals surface area contributed by atoms with Crippen LogP contribution in [0.4, 0.5) is 5.69 Å². The monoisotopic (exact) mass is 381 g/mol. The third-order valence-corrected chi connectivity index (χ3v) is 4.37. The first-order chi connectivity index (χ1) is 11.8. The Bertz CT molecular complexity index is 821. The fraction of sp³-hybridized carbons (Fsp3) is 0.222. The van der Waals surface area contributed by atoms with E-state index in [1.54, 1.807) is 0 Å². The second-order valence-corrected chi connectivity index (χ2v) is 6.05. The van der Waals surface area contributed by atoms with Gasteiger partial charge in [0.25, 0.3) is 5.91 Å². The van der Waals surface area contributed by atoms with E-state index >= 15 is 0 Å². The van der Waals surface area contributed by atoms with Gasteiger partial charge in [0, 0.05) is 16.1 Å². The summed E-state index contributed by atoms with van der Waals surface area (Å²) in [5, 5.41) is 22.9. The molecule has 132 valence electrons. The Kier molecular flexibility index (Phi) is 5.72. The molecule has 2 aromatic carbocycles. The first kappa shape index (κ1) is 19.2. The molecule has 1 atom stereocenters. The highest BCUT2D eigenvalue weighted by Gasteiger charge is 2.49. The lowest BCUT2D eigenvalue weighted by Gasteiger charge is -2.21. The molecule has 3 rings (SSSR count). The lowest BCUT2D eigenvalue weighted by Crippen LogP contribution is -2.36. The highest BCUT2D eigenvalue weighted by molar-refractivity contribution is 6.38. The molecule has 1 aliphatic heterocycles. The number of phenolic OH excluding ortho intramolecular Hbond substituents is 1. The number of hydrogen-bond donors (Lipinski definition) is 3. The number of carbonyl (C=O) groups excluding carboxylic acids is 2. The lowest BCUT2D eigenvalue weighted by molar-refractivity contribution is -0.133. The maximum Gasteiger partial charge on any atom is 0.261 e. The van der Waals surface area contributed by atoms with Gasteiger partial charge in [-0.3, -0.25) is 9.59 Å². The molecule has 0 aromatic heterocycles. The molecule has 0 radical (unpaired) electrons. The quantitative estimate of drug-likeness (QED) is 0.697. The van der Waals surface area contributed by atoms with Gasteiger partial charge in [-0.15, -0.1) is 0 Å². The minimum atomic E-state index is -2.09. The van der Waals surface area contributed by atoms with Gasteiger partial charge in [0.15, 0.2) is 11.4 Å². The van der Waals surface area contributed by atoms with Gasteiger partial charge in [-0.05, 0) is 36.4 Å². The van der Waals surface area contributed by atoms with Crippen LogP contribution < -0.4 is 5.32 Å². The van der Waals surface area contributed by atoms with Crippen LogP contribution in [-0.2, 0) is 10.4 Å². The van der Waals surface area contributed by atoms with Crippen molar-refractivity contribution in [2.24, 2.45) is 0 Å². The summed E-state index contributed by atoms with van der Waals surface area (Å²) in [4.78, 5) is 24.6. The molecule has 0 fully saturated rings. The van der Waals surface area contributed by atoms with E-state index in [-0.39, 0.29) is 32.6 Å². The Morgan fingerprint density at radius 1 is 1.08 bits per heavy atom. The fourth-order valence-electron chi connectivity index (χ4n) is 2.56. The van der Waals surface area contributed by atoms with Crippen molar-refractivity contribution in [3.8, 4) is 5.75 Å². The number of ketones is 1. The summed E-state index contributed by atoms with van der Waals surface area (Å²) in [7, 11) is 0. The summed E-state index contributed by atoms with van der Waals surface area (Å²) in [6, 6.07) is 8.48. The summed E-state index contributed by atoms with van der Waals surface area (Å²) in [5.74, 6) is -1.21. The number of rotatable bonds is 3. The first-order valence-electron chi connectivity index (χ1n) is 7.67. The largest absolute Gasteiger partial charge is 0.508 e. The number of fused-ring (bicyclic) bond motifs is 1. The third kappa shape index (κ3) is 3.49. The highest BCUT2D eigenvalue weighted by atomic mass is 35.5. The van der Waals surface area contributed by atoms with Gasteiger partial charge in [-0.25, -0.2) is 0 Å². The molecule has 7 heteroatoms. The van der Waals surface area contributed by atoms with Crippen molar-refractivity contribution in [3.63, 3.8) is 0 Å². The van der Waals surface area contributed by atoms with E-state index in [1.807, 2.05) is 13.8 Å². The predicted molar refractivity (Wildman–Crippen MR) is 97.4 cm³/mol. The van der Waals surface area contributed by atoms with E-state index in [4.69, 9.17) is 23.2 Å². The van der Waals surface area contributed by atoms with Gasteiger partial charge < -0.3 is 15.5 Å². The Morgan fingerprint density at radius 2 is 1.64 bits per heavy atom. The van der Waals surface area contributed by atoms with E-state index in [2.05, 4.69) is 5.32 Å². The Hall–Kier alpha value is -2.08. The summed E-state index contributed by atoms with van der Waals surface area (Å²) < 4.78 is 0. The third-order valence-electron chi connectivity index (χ3n) is 3.74. The molecule has 1 unspecified atom stereocenters. The minimum absolute atomic E-state index is 0.0130. The fourth-order valence-corrected chi connectivity index (χ4v) is 3.08.